The number of carbonyl (C=O) groups excluding carboxylic acids is 3. The van der Waals surface area contributed by atoms with Crippen molar-refractivity contribution in [1.29, 1.82) is 0 Å². The highest BCUT2D eigenvalue weighted by Gasteiger charge is 2.35. The number of carbonyl (C=O) groups is 4. The van der Waals surface area contributed by atoms with Gasteiger partial charge in [-0.1, -0.05) is 11.6 Å². The smallest absolute Gasteiger partial charge is 0.373 e. The number of imide groups is 1. The van der Waals surface area contributed by atoms with Crippen LogP contribution in [-0.2, 0) is 20.9 Å². The number of halogens is 2. The molecule has 0 bridgehead atoms. The number of methoxy groups -OCH3 is 2. The molecule has 0 unspecified atom stereocenters. The number of hydrogen-bond donors (Lipinski definition) is 2. The van der Waals surface area contributed by atoms with Crippen LogP contribution in [0.3, 0.4) is 0 Å². The van der Waals surface area contributed by atoms with E-state index in [9.17, 15) is 19.2 Å². The number of carboxylic acids is 1. The summed E-state index contributed by atoms with van der Waals surface area (Å²) in [7, 11) is 2.54. The summed E-state index contributed by atoms with van der Waals surface area (Å²) in [6.07, 6.45) is 0.165. The minimum atomic E-state index is -1.20. The van der Waals surface area contributed by atoms with Crippen molar-refractivity contribution in [2.24, 2.45) is 0 Å². The number of aliphatic carboxylic acids is 1. The highest BCUT2D eigenvalue weighted by atomic mass is 79.9. The number of rotatable bonds is 8. The van der Waals surface area contributed by atoms with Gasteiger partial charge in [0.15, 0.2) is 17.6 Å². The maximum Gasteiger partial charge on any atom is 0.373 e. The fraction of sp³-hybridized carbons (Fsp3) is 0.238. The topological polar surface area (TPSA) is 145 Å². The number of hydrogen-bond acceptors (Lipinski definition) is 8. The van der Waals surface area contributed by atoms with Crippen molar-refractivity contribution in [3.63, 3.8) is 0 Å². The SMILES string of the molecule is COC(=O)c1ccc(CN2C(=O)N/C(=C\c3cc(OC)c(O[C@@H](C)C(=O)O)c(Cl)c3Br)C2=O)o1. The fourth-order valence-electron chi connectivity index (χ4n) is 2.90. The zero-order chi connectivity index (χ0) is 25.2. The van der Waals surface area contributed by atoms with E-state index in [2.05, 4.69) is 26.0 Å². The van der Waals surface area contributed by atoms with Gasteiger partial charge in [0, 0.05) is 4.47 Å². The Hall–Kier alpha value is -3.51. The van der Waals surface area contributed by atoms with Crippen LogP contribution in [0.15, 0.2) is 32.8 Å². The molecular weight excluding hydrogens is 540 g/mol. The van der Waals surface area contributed by atoms with Crippen molar-refractivity contribution in [3.05, 3.63) is 50.5 Å². The molecule has 2 heterocycles. The molecule has 11 nitrogen and oxygen atoms in total. The van der Waals surface area contributed by atoms with Gasteiger partial charge in [0.1, 0.15) is 16.5 Å². The van der Waals surface area contributed by atoms with Gasteiger partial charge in [0.25, 0.3) is 5.91 Å². The van der Waals surface area contributed by atoms with E-state index in [4.69, 9.17) is 30.6 Å². The summed E-state index contributed by atoms with van der Waals surface area (Å²) >= 11 is 9.65. The van der Waals surface area contributed by atoms with Crippen molar-refractivity contribution < 1.29 is 42.9 Å². The number of esters is 1. The molecule has 1 aromatic heterocycles. The van der Waals surface area contributed by atoms with E-state index in [1.54, 1.807) is 0 Å². The van der Waals surface area contributed by atoms with Crippen molar-refractivity contribution in [1.82, 2.24) is 10.2 Å². The maximum atomic E-state index is 12.8. The highest BCUT2D eigenvalue weighted by Crippen LogP contribution is 2.43. The lowest BCUT2D eigenvalue weighted by atomic mass is 10.1. The van der Waals surface area contributed by atoms with E-state index in [1.807, 2.05) is 0 Å². The molecule has 1 aromatic carbocycles. The van der Waals surface area contributed by atoms with Gasteiger partial charge in [0.05, 0.1) is 20.8 Å². The van der Waals surface area contributed by atoms with Crippen molar-refractivity contribution >= 4 is 57.5 Å². The minimum absolute atomic E-state index is 0.00395. The van der Waals surface area contributed by atoms with E-state index >= 15 is 0 Å². The first-order valence-electron chi connectivity index (χ1n) is 9.54. The second-order valence-electron chi connectivity index (χ2n) is 6.86. The van der Waals surface area contributed by atoms with Gasteiger partial charge in [-0.05, 0) is 52.7 Å². The van der Waals surface area contributed by atoms with E-state index in [-0.39, 0.29) is 44.8 Å². The Bertz CT molecular complexity index is 1210. The molecule has 0 radical (unpaired) electrons. The molecule has 3 amide bonds. The Morgan fingerprint density at radius 2 is 2.03 bits per heavy atom. The average molecular weight is 558 g/mol. The molecule has 180 valence electrons. The number of benzene rings is 1. The zero-order valence-electron chi connectivity index (χ0n) is 18.0. The van der Waals surface area contributed by atoms with Crippen LogP contribution in [0.25, 0.3) is 6.08 Å². The third-order valence-corrected chi connectivity index (χ3v) is 6.09. The van der Waals surface area contributed by atoms with Crippen molar-refractivity contribution in [3.8, 4) is 11.5 Å². The molecule has 13 heteroatoms. The summed E-state index contributed by atoms with van der Waals surface area (Å²) in [4.78, 5) is 48.8. The lowest BCUT2D eigenvalue weighted by Gasteiger charge is -2.17. The van der Waals surface area contributed by atoms with Gasteiger partial charge < -0.3 is 29.1 Å². The van der Waals surface area contributed by atoms with Gasteiger partial charge in [-0.25, -0.2) is 14.4 Å². The highest BCUT2D eigenvalue weighted by molar-refractivity contribution is 9.10. The number of ether oxygens (including phenoxy) is 3. The number of furan rings is 1. The number of amides is 3. The first-order valence-corrected chi connectivity index (χ1v) is 10.7. The quantitative estimate of drug-likeness (QED) is 0.283. The molecule has 1 aliphatic heterocycles. The van der Waals surface area contributed by atoms with Crippen LogP contribution in [0.5, 0.6) is 11.5 Å². The monoisotopic (exact) mass is 556 g/mol. The van der Waals surface area contributed by atoms with Gasteiger partial charge >= 0.3 is 18.0 Å². The van der Waals surface area contributed by atoms with E-state index in [1.165, 1.54) is 45.4 Å². The third kappa shape index (κ3) is 5.02. The number of carboxylic acid groups (broad SMARTS) is 1. The molecule has 2 N–H and O–H groups in total. The van der Waals surface area contributed by atoms with E-state index < -0.39 is 30.0 Å². The lowest BCUT2D eigenvalue weighted by molar-refractivity contribution is -0.144. The third-order valence-electron chi connectivity index (χ3n) is 4.64. The molecule has 2 aromatic rings. The number of nitrogens with one attached hydrogen (secondary N) is 1. The summed E-state index contributed by atoms with van der Waals surface area (Å²) in [5.74, 6) is -2.29. The first kappa shape index (κ1) is 25.1. The Morgan fingerprint density at radius 1 is 1.32 bits per heavy atom. The van der Waals surface area contributed by atoms with Crippen LogP contribution in [-0.4, -0.2) is 54.2 Å². The standard InChI is InChI=1S/C21H18BrClN2O9/c1-9(19(27)28)33-17-14(31-2)7-10(15(22)16(17)23)6-12-18(26)25(21(30)24-12)8-11-4-5-13(34-11)20(29)32-3/h4-7,9H,8H2,1-3H3,(H,24,30)(H,27,28)/b12-6-/t9-/m0/s1. The molecule has 1 aliphatic rings. The zero-order valence-corrected chi connectivity index (χ0v) is 20.4. The predicted octanol–water partition coefficient (Wildman–Crippen LogP) is 3.44. The molecule has 1 saturated heterocycles. The summed E-state index contributed by atoms with van der Waals surface area (Å²) in [5.41, 5.74) is 0.296. The Labute approximate surface area is 206 Å². The van der Waals surface area contributed by atoms with Crippen LogP contribution in [0.1, 0.15) is 28.8 Å². The van der Waals surface area contributed by atoms with Crippen LogP contribution in [0, 0.1) is 0 Å². The van der Waals surface area contributed by atoms with Crippen molar-refractivity contribution in [2.75, 3.05) is 14.2 Å². The fourth-order valence-corrected chi connectivity index (χ4v) is 3.55. The second-order valence-corrected chi connectivity index (χ2v) is 8.03. The van der Waals surface area contributed by atoms with Crippen LogP contribution >= 0.6 is 27.5 Å². The Kier molecular flexibility index (Phi) is 7.52. The molecule has 0 aliphatic carbocycles. The molecule has 1 fully saturated rings. The maximum absolute atomic E-state index is 12.8. The largest absolute Gasteiger partial charge is 0.493 e. The number of nitrogens with zero attached hydrogens (tertiary/aromatic N) is 1. The molecule has 0 saturated carbocycles. The van der Waals surface area contributed by atoms with Gasteiger partial charge in [-0.15, -0.1) is 0 Å². The van der Waals surface area contributed by atoms with Gasteiger partial charge in [-0.2, -0.15) is 0 Å². The Morgan fingerprint density at radius 3 is 2.65 bits per heavy atom. The van der Waals surface area contributed by atoms with E-state index in [0.29, 0.717) is 5.56 Å². The normalized spacial score (nSPS) is 15.3. The lowest BCUT2D eigenvalue weighted by Crippen LogP contribution is -2.30. The molecule has 34 heavy (non-hydrogen) atoms. The molecule has 0 spiro atoms. The van der Waals surface area contributed by atoms with Crippen LogP contribution in [0.4, 0.5) is 4.79 Å². The van der Waals surface area contributed by atoms with Crippen LogP contribution in [0.2, 0.25) is 5.02 Å². The molecule has 3 rings (SSSR count). The van der Waals surface area contributed by atoms with E-state index in [0.717, 1.165) is 4.90 Å². The summed E-state index contributed by atoms with van der Waals surface area (Å²) in [6, 6.07) is 3.59. The Balaban J connectivity index is 1.88. The summed E-state index contributed by atoms with van der Waals surface area (Å²) in [5, 5.41) is 11.6. The molecular formula is C21H18BrClN2O9. The minimum Gasteiger partial charge on any atom is -0.493 e. The van der Waals surface area contributed by atoms with Crippen LogP contribution < -0.4 is 14.8 Å². The van der Waals surface area contributed by atoms with Gasteiger partial charge in [-0.3, -0.25) is 9.69 Å². The summed E-state index contributed by atoms with van der Waals surface area (Å²) in [6.45, 7) is 1.11. The summed E-state index contributed by atoms with van der Waals surface area (Å²) < 4.78 is 20.8. The van der Waals surface area contributed by atoms with Crippen molar-refractivity contribution in [2.45, 2.75) is 19.6 Å². The molecule has 1 atom stereocenters. The number of urea groups is 1. The predicted molar refractivity (Wildman–Crippen MR) is 121 cm³/mol. The average Bonchev–Trinajstić information content (AvgIpc) is 3.38. The van der Waals surface area contributed by atoms with Gasteiger partial charge in [0.2, 0.25) is 5.76 Å². The second kappa shape index (κ2) is 10.2. The first-order chi connectivity index (χ1) is 16.1.